The predicted octanol–water partition coefficient (Wildman–Crippen LogP) is 5.32. The van der Waals surface area contributed by atoms with Gasteiger partial charge in [0.25, 0.3) is 12.9 Å². The quantitative estimate of drug-likeness (QED) is 0.260. The largest absolute Gasteiger partial charge is 0.483 e. The van der Waals surface area contributed by atoms with Crippen LogP contribution in [-0.4, -0.2) is 102 Å². The Balaban J connectivity index is 0.00000134. The smallest absolute Gasteiger partial charge is 0.290 e. The molecule has 54 heavy (non-hydrogen) atoms. The molecule has 0 unspecified atom stereocenters. The van der Waals surface area contributed by atoms with Crippen LogP contribution in [0.3, 0.4) is 0 Å². The Kier molecular flexibility index (Phi) is 9.61. The molecule has 0 radical (unpaired) electrons. The normalized spacial score (nSPS) is 19.9. The van der Waals surface area contributed by atoms with Gasteiger partial charge in [0.1, 0.15) is 0 Å². The zero-order chi connectivity index (χ0) is 37.7. The molecule has 1 spiro atoms. The van der Waals surface area contributed by atoms with Gasteiger partial charge in [-0.05, 0) is 74.3 Å². The summed E-state index contributed by atoms with van der Waals surface area (Å²) < 4.78 is 33.2. The number of carbonyl (C=O) groups excluding carboxylic acids is 1. The molecular weight excluding hydrogens is 694 g/mol. The van der Waals surface area contributed by atoms with Crippen LogP contribution >= 0.6 is 0 Å². The number of aryl methyl sites for hydroxylation is 3. The number of halogens is 2. The minimum Gasteiger partial charge on any atom is -0.483 e. The summed E-state index contributed by atoms with van der Waals surface area (Å²) in [6, 6.07) is 4.51. The lowest BCUT2D eigenvalue weighted by atomic mass is 9.60. The fourth-order valence-corrected chi connectivity index (χ4v) is 9.48. The van der Waals surface area contributed by atoms with Crippen LogP contribution < -0.4 is 9.80 Å². The second kappa shape index (κ2) is 14.4. The van der Waals surface area contributed by atoms with Gasteiger partial charge in [0.2, 0.25) is 11.9 Å². The van der Waals surface area contributed by atoms with Gasteiger partial charge < -0.3 is 24.7 Å². The van der Waals surface area contributed by atoms with Crippen LogP contribution in [0.4, 0.5) is 26.2 Å². The molecule has 1 saturated carbocycles. The summed E-state index contributed by atoms with van der Waals surface area (Å²) in [6.45, 7) is 9.43. The molecule has 15 heteroatoms. The number of nitrogens with zero attached hydrogens (tertiary/aromatic N) is 10. The Morgan fingerprint density at radius 3 is 2.39 bits per heavy atom. The molecule has 0 atom stereocenters. The molecular formula is C39H48F2N10O3. The fourth-order valence-electron chi connectivity index (χ4n) is 9.48. The van der Waals surface area contributed by atoms with Crippen LogP contribution in [0.25, 0.3) is 11.1 Å². The first-order valence-electron chi connectivity index (χ1n) is 19.0. The Hall–Kier alpha value is -4.92. The number of hydrogen-bond donors (Lipinski definition) is 1. The molecule has 2 saturated heterocycles. The number of anilines is 3. The summed E-state index contributed by atoms with van der Waals surface area (Å²) in [4.78, 5) is 39.0. The van der Waals surface area contributed by atoms with E-state index in [1.165, 1.54) is 18.5 Å². The Morgan fingerprint density at radius 2 is 1.74 bits per heavy atom. The van der Waals surface area contributed by atoms with Crippen LogP contribution in [0.5, 0.6) is 0 Å². The Labute approximate surface area is 313 Å². The van der Waals surface area contributed by atoms with Crippen molar-refractivity contribution in [2.45, 2.75) is 83.8 Å². The van der Waals surface area contributed by atoms with Crippen molar-refractivity contribution in [3.05, 3.63) is 64.9 Å². The molecule has 4 aliphatic heterocycles. The average molecular weight is 743 g/mol. The second-order valence-corrected chi connectivity index (χ2v) is 15.8. The lowest BCUT2D eigenvalue weighted by Gasteiger charge is -2.61. The van der Waals surface area contributed by atoms with Gasteiger partial charge in [0.15, 0.2) is 5.82 Å². The van der Waals surface area contributed by atoms with Gasteiger partial charge in [-0.2, -0.15) is 10.2 Å². The molecule has 4 aromatic rings. The van der Waals surface area contributed by atoms with Crippen molar-refractivity contribution >= 4 is 29.8 Å². The lowest BCUT2D eigenvalue weighted by Crippen LogP contribution is -2.67. The van der Waals surface area contributed by atoms with E-state index >= 15 is 0 Å². The monoisotopic (exact) mass is 742 g/mol. The third kappa shape index (κ3) is 6.60. The average Bonchev–Trinajstić information content (AvgIpc) is 3.74. The molecule has 5 aliphatic rings. The van der Waals surface area contributed by atoms with E-state index in [1.54, 1.807) is 37.1 Å². The van der Waals surface area contributed by atoms with Crippen molar-refractivity contribution in [2.75, 3.05) is 49.1 Å². The number of aromatic nitrogens is 6. The summed E-state index contributed by atoms with van der Waals surface area (Å²) in [6.07, 6.45) is 11.6. The van der Waals surface area contributed by atoms with Crippen molar-refractivity contribution in [3.8, 4) is 11.1 Å². The van der Waals surface area contributed by atoms with Crippen molar-refractivity contribution in [2.24, 2.45) is 12.5 Å². The van der Waals surface area contributed by atoms with Crippen LogP contribution in [0.15, 0.2) is 36.9 Å². The molecule has 3 aromatic heterocycles. The number of carboxylic acid groups (broad SMARTS) is 1. The zero-order valence-electron chi connectivity index (χ0n) is 31.2. The lowest BCUT2D eigenvalue weighted by molar-refractivity contribution is -0.129. The van der Waals surface area contributed by atoms with E-state index in [0.717, 1.165) is 92.4 Å². The summed E-state index contributed by atoms with van der Waals surface area (Å²) in [5, 5.41) is 16.5. The van der Waals surface area contributed by atoms with Gasteiger partial charge >= 0.3 is 0 Å². The van der Waals surface area contributed by atoms with Crippen LogP contribution in [-0.2, 0) is 36.0 Å². The van der Waals surface area contributed by atoms with E-state index in [9.17, 15) is 13.6 Å². The van der Waals surface area contributed by atoms with E-state index in [0.29, 0.717) is 42.2 Å². The molecule has 0 bridgehead atoms. The third-order valence-electron chi connectivity index (χ3n) is 12.2. The molecule has 3 fully saturated rings. The standard InChI is InChI=1S/C38H46F2N10O.CH2O2/c1-24-17-41-37(42-18-24)48-22-38(23-48)15-29(16-38)46-10-6-28(7-11-46)50-33-8-12-47(25(2)51)21-32(33)36(44-50)49-9-4-5-26-13-30(27-19-43-45(3)20-27)31(35(39)40)14-34(26)49;2-1-3/h13-14,17-20,28-29,35H,4-12,15-16,21-23H2,1-3H3;1H,(H,2,3). The Morgan fingerprint density at radius 1 is 1.02 bits per heavy atom. The number of likely N-dealkylation sites (tertiary alicyclic amines) is 1. The number of carbonyl (C=O) groups is 2. The number of piperidine rings is 1. The molecule has 1 aromatic carbocycles. The molecule has 286 valence electrons. The third-order valence-corrected chi connectivity index (χ3v) is 12.2. The van der Waals surface area contributed by atoms with Gasteiger partial charge in [-0.15, -0.1) is 0 Å². The van der Waals surface area contributed by atoms with Gasteiger partial charge in [-0.3, -0.25) is 19.0 Å². The van der Waals surface area contributed by atoms with Crippen molar-refractivity contribution < 1.29 is 23.5 Å². The highest BCUT2D eigenvalue weighted by molar-refractivity contribution is 5.78. The fraction of sp³-hybridized carbons (Fsp3) is 0.538. The van der Waals surface area contributed by atoms with Gasteiger partial charge in [0.05, 0.1) is 18.8 Å². The van der Waals surface area contributed by atoms with Gasteiger partial charge in [-0.1, -0.05) is 0 Å². The molecule has 9 rings (SSSR count). The molecule has 13 nitrogen and oxygen atoms in total. The van der Waals surface area contributed by atoms with Crippen molar-refractivity contribution in [1.82, 2.24) is 39.3 Å². The van der Waals surface area contributed by atoms with E-state index < -0.39 is 6.43 Å². The first-order chi connectivity index (χ1) is 26.1. The number of hydrogen-bond acceptors (Lipinski definition) is 9. The number of benzene rings is 1. The topological polar surface area (TPSA) is 129 Å². The summed E-state index contributed by atoms with van der Waals surface area (Å²) >= 11 is 0. The minimum atomic E-state index is -2.63. The highest BCUT2D eigenvalue weighted by Crippen LogP contribution is 2.52. The maximum Gasteiger partial charge on any atom is 0.290 e. The Bertz CT molecular complexity index is 2010. The predicted molar refractivity (Wildman–Crippen MR) is 199 cm³/mol. The zero-order valence-corrected chi connectivity index (χ0v) is 31.2. The van der Waals surface area contributed by atoms with E-state index in [1.807, 2.05) is 30.3 Å². The highest BCUT2D eigenvalue weighted by atomic mass is 19.3. The highest BCUT2D eigenvalue weighted by Gasteiger charge is 2.54. The number of fused-ring (bicyclic) bond motifs is 2. The maximum absolute atomic E-state index is 14.6. The van der Waals surface area contributed by atoms with Gasteiger partial charge in [0, 0.05) is 118 Å². The van der Waals surface area contributed by atoms with Crippen LogP contribution in [0.1, 0.15) is 79.4 Å². The first kappa shape index (κ1) is 36.1. The van der Waals surface area contributed by atoms with Crippen molar-refractivity contribution in [3.63, 3.8) is 0 Å². The maximum atomic E-state index is 14.6. The van der Waals surface area contributed by atoms with Crippen LogP contribution in [0, 0.1) is 12.3 Å². The SMILES string of the molecule is CC(=O)N1CCc2c(c(N3CCCc4cc(-c5cnn(C)c5)c(C(F)F)cc43)nn2C2CCN(C3CC4(C3)CN(c3ncc(C)cn3)C4)CC2)C1.O=CO. The molecule has 1 amide bonds. The van der Waals surface area contributed by atoms with E-state index in [2.05, 4.69) is 34.4 Å². The first-order valence-corrected chi connectivity index (χ1v) is 19.0. The number of rotatable bonds is 6. The summed E-state index contributed by atoms with van der Waals surface area (Å²) in [7, 11) is 1.80. The molecule has 7 heterocycles. The van der Waals surface area contributed by atoms with E-state index in [4.69, 9.17) is 15.0 Å². The molecule has 1 aliphatic carbocycles. The summed E-state index contributed by atoms with van der Waals surface area (Å²) in [5.41, 5.74) is 6.84. The minimum absolute atomic E-state index is 0.00977. The number of amides is 1. The van der Waals surface area contributed by atoms with E-state index in [-0.39, 0.29) is 24.0 Å². The number of alkyl halides is 2. The van der Waals surface area contributed by atoms with Crippen LogP contribution in [0.2, 0.25) is 0 Å². The van der Waals surface area contributed by atoms with Crippen molar-refractivity contribution in [1.29, 1.82) is 0 Å². The second-order valence-electron chi connectivity index (χ2n) is 15.8. The summed E-state index contributed by atoms with van der Waals surface area (Å²) in [5.74, 6) is 1.72. The van der Waals surface area contributed by atoms with Gasteiger partial charge in [-0.25, -0.2) is 18.7 Å². The molecule has 1 N–H and O–H groups in total.